The standard InChI is InChI=1S/C14H18N4OS/c15-14(18-6-2-1-3-7-18)16-9-11-10-20-13(17-11)12-5-4-8-19-12/h4-5,8,10H,1-3,6-7,9H2,(H2,15,16). The zero-order chi connectivity index (χ0) is 13.8. The van der Waals surface area contributed by atoms with Crippen molar-refractivity contribution in [3.8, 4) is 10.8 Å². The molecule has 3 rings (SSSR count). The van der Waals surface area contributed by atoms with Crippen molar-refractivity contribution in [3.63, 3.8) is 0 Å². The summed E-state index contributed by atoms with van der Waals surface area (Å²) >= 11 is 1.57. The van der Waals surface area contributed by atoms with E-state index in [1.165, 1.54) is 19.3 Å². The first-order chi connectivity index (χ1) is 9.83. The SMILES string of the molecule is NC(=NCc1csc(-c2ccco2)n1)N1CCCCC1. The van der Waals surface area contributed by atoms with Gasteiger partial charge in [-0.15, -0.1) is 11.3 Å². The van der Waals surface area contributed by atoms with Crippen molar-refractivity contribution in [2.45, 2.75) is 25.8 Å². The van der Waals surface area contributed by atoms with Gasteiger partial charge in [-0.1, -0.05) is 0 Å². The molecular weight excluding hydrogens is 272 g/mol. The van der Waals surface area contributed by atoms with Crippen LogP contribution in [0.2, 0.25) is 0 Å². The molecule has 0 radical (unpaired) electrons. The highest BCUT2D eigenvalue weighted by molar-refractivity contribution is 7.13. The minimum Gasteiger partial charge on any atom is -0.462 e. The number of aromatic nitrogens is 1. The summed E-state index contributed by atoms with van der Waals surface area (Å²) in [7, 11) is 0. The first-order valence-electron chi connectivity index (χ1n) is 6.86. The highest BCUT2D eigenvalue weighted by atomic mass is 32.1. The van der Waals surface area contributed by atoms with Gasteiger partial charge < -0.3 is 15.1 Å². The number of hydrogen-bond donors (Lipinski definition) is 1. The lowest BCUT2D eigenvalue weighted by molar-refractivity contribution is 0.338. The molecule has 2 N–H and O–H groups in total. The van der Waals surface area contributed by atoms with Gasteiger partial charge >= 0.3 is 0 Å². The third-order valence-corrected chi connectivity index (χ3v) is 4.27. The molecule has 1 aliphatic rings. The Kier molecular flexibility index (Phi) is 4.01. The lowest BCUT2D eigenvalue weighted by Gasteiger charge is -2.27. The minimum absolute atomic E-state index is 0.527. The number of nitrogens with zero attached hydrogens (tertiary/aromatic N) is 3. The van der Waals surface area contributed by atoms with Crippen LogP contribution in [0.4, 0.5) is 0 Å². The molecule has 2 aromatic heterocycles. The van der Waals surface area contributed by atoms with Gasteiger partial charge in [0.2, 0.25) is 0 Å². The Labute approximate surface area is 122 Å². The van der Waals surface area contributed by atoms with Gasteiger partial charge in [0.1, 0.15) is 0 Å². The van der Waals surface area contributed by atoms with Crippen molar-refractivity contribution in [1.82, 2.24) is 9.88 Å². The smallest absolute Gasteiger partial charge is 0.191 e. The van der Waals surface area contributed by atoms with Gasteiger partial charge in [0.25, 0.3) is 0 Å². The molecular formula is C14H18N4OS. The largest absolute Gasteiger partial charge is 0.462 e. The number of nitrogens with two attached hydrogens (primary N) is 1. The second-order valence-electron chi connectivity index (χ2n) is 4.84. The first kappa shape index (κ1) is 13.2. The fraction of sp³-hybridized carbons (Fsp3) is 0.429. The molecule has 20 heavy (non-hydrogen) atoms. The van der Waals surface area contributed by atoms with Crippen LogP contribution in [-0.2, 0) is 6.54 Å². The van der Waals surface area contributed by atoms with Crippen LogP contribution in [0, 0.1) is 0 Å². The number of guanidine groups is 1. The molecule has 6 heteroatoms. The fourth-order valence-corrected chi connectivity index (χ4v) is 3.06. The maximum absolute atomic E-state index is 6.03. The number of thiazole rings is 1. The highest BCUT2D eigenvalue weighted by Crippen LogP contribution is 2.24. The Balaban J connectivity index is 1.63. The molecule has 0 atom stereocenters. The van der Waals surface area contributed by atoms with Crippen molar-refractivity contribution in [1.29, 1.82) is 0 Å². The van der Waals surface area contributed by atoms with Gasteiger partial charge in [-0.2, -0.15) is 0 Å². The summed E-state index contributed by atoms with van der Waals surface area (Å²) in [5.74, 6) is 1.44. The summed E-state index contributed by atoms with van der Waals surface area (Å²) < 4.78 is 5.33. The van der Waals surface area contributed by atoms with Gasteiger partial charge in [0, 0.05) is 18.5 Å². The van der Waals surface area contributed by atoms with E-state index >= 15 is 0 Å². The number of likely N-dealkylation sites (tertiary alicyclic amines) is 1. The Bertz CT molecular complexity index is 570. The third-order valence-electron chi connectivity index (χ3n) is 3.37. The lowest BCUT2D eigenvalue weighted by Crippen LogP contribution is -2.40. The van der Waals surface area contributed by atoms with Gasteiger partial charge in [-0.3, -0.25) is 0 Å². The van der Waals surface area contributed by atoms with Crippen molar-refractivity contribution in [2.24, 2.45) is 10.7 Å². The minimum atomic E-state index is 0.527. The molecule has 1 saturated heterocycles. The van der Waals surface area contributed by atoms with Gasteiger partial charge in [0.15, 0.2) is 16.7 Å². The number of rotatable bonds is 3. The highest BCUT2D eigenvalue weighted by Gasteiger charge is 2.12. The molecule has 3 heterocycles. The maximum atomic E-state index is 6.03. The zero-order valence-corrected chi connectivity index (χ0v) is 12.1. The van der Waals surface area contributed by atoms with Gasteiger partial charge in [-0.05, 0) is 31.4 Å². The van der Waals surface area contributed by atoms with Gasteiger partial charge in [0.05, 0.1) is 18.5 Å². The third kappa shape index (κ3) is 3.01. The van der Waals surface area contributed by atoms with Crippen LogP contribution in [0.25, 0.3) is 10.8 Å². The monoisotopic (exact) mass is 290 g/mol. The predicted octanol–water partition coefficient (Wildman–Crippen LogP) is 2.70. The van der Waals surface area contributed by atoms with Crippen LogP contribution in [-0.4, -0.2) is 28.9 Å². The summed E-state index contributed by atoms with van der Waals surface area (Å²) in [6.07, 6.45) is 5.36. The Hall–Kier alpha value is -1.82. The van der Waals surface area contributed by atoms with Crippen molar-refractivity contribution in [2.75, 3.05) is 13.1 Å². The molecule has 0 saturated carbocycles. The Morgan fingerprint density at radius 3 is 3.00 bits per heavy atom. The quantitative estimate of drug-likeness (QED) is 0.697. The molecule has 0 aromatic carbocycles. The van der Waals surface area contributed by atoms with E-state index in [1.54, 1.807) is 17.6 Å². The maximum Gasteiger partial charge on any atom is 0.191 e. The predicted molar refractivity (Wildman–Crippen MR) is 80.6 cm³/mol. The van der Waals surface area contributed by atoms with Gasteiger partial charge in [-0.25, -0.2) is 9.98 Å². The summed E-state index contributed by atoms with van der Waals surface area (Å²) in [5, 5.41) is 2.89. The van der Waals surface area contributed by atoms with Crippen LogP contribution in [0.3, 0.4) is 0 Å². The summed E-state index contributed by atoms with van der Waals surface area (Å²) in [4.78, 5) is 11.1. The second kappa shape index (κ2) is 6.09. The average molecular weight is 290 g/mol. The first-order valence-corrected chi connectivity index (χ1v) is 7.74. The zero-order valence-electron chi connectivity index (χ0n) is 11.3. The number of furan rings is 1. The molecule has 0 spiro atoms. The summed E-state index contributed by atoms with van der Waals surface area (Å²) in [6.45, 7) is 2.56. The molecule has 1 aliphatic heterocycles. The van der Waals surface area contributed by atoms with Crippen molar-refractivity contribution < 1.29 is 4.42 Å². The van der Waals surface area contributed by atoms with Crippen LogP contribution in [0.5, 0.6) is 0 Å². The van der Waals surface area contributed by atoms with E-state index in [2.05, 4.69) is 14.9 Å². The number of hydrogen-bond acceptors (Lipinski definition) is 4. The number of piperidine rings is 1. The normalized spacial score (nSPS) is 16.6. The Morgan fingerprint density at radius 2 is 2.25 bits per heavy atom. The molecule has 0 unspecified atom stereocenters. The molecule has 1 fully saturated rings. The lowest BCUT2D eigenvalue weighted by atomic mass is 10.1. The molecule has 0 amide bonds. The summed E-state index contributed by atoms with van der Waals surface area (Å²) in [6, 6.07) is 3.77. The molecule has 0 aliphatic carbocycles. The second-order valence-corrected chi connectivity index (χ2v) is 5.70. The molecule has 2 aromatic rings. The average Bonchev–Trinajstić information content (AvgIpc) is 3.16. The van der Waals surface area contributed by atoms with E-state index in [0.29, 0.717) is 12.5 Å². The Morgan fingerprint density at radius 1 is 1.40 bits per heavy atom. The van der Waals surface area contributed by atoms with Crippen molar-refractivity contribution >= 4 is 17.3 Å². The summed E-state index contributed by atoms with van der Waals surface area (Å²) in [5.41, 5.74) is 6.96. The fourth-order valence-electron chi connectivity index (χ4n) is 2.28. The van der Waals surface area contributed by atoms with E-state index in [0.717, 1.165) is 29.6 Å². The number of aliphatic imine (C=N–C) groups is 1. The van der Waals surface area contributed by atoms with E-state index in [-0.39, 0.29) is 0 Å². The van der Waals surface area contributed by atoms with E-state index < -0.39 is 0 Å². The van der Waals surface area contributed by atoms with Crippen molar-refractivity contribution in [3.05, 3.63) is 29.5 Å². The van der Waals surface area contributed by atoms with Crippen LogP contribution < -0.4 is 5.73 Å². The van der Waals surface area contributed by atoms with E-state index in [1.807, 2.05) is 17.5 Å². The van der Waals surface area contributed by atoms with E-state index in [4.69, 9.17) is 10.2 Å². The molecule has 5 nitrogen and oxygen atoms in total. The van der Waals surface area contributed by atoms with Crippen LogP contribution in [0.15, 0.2) is 33.2 Å². The molecule has 106 valence electrons. The van der Waals surface area contributed by atoms with Crippen LogP contribution >= 0.6 is 11.3 Å². The molecule has 0 bridgehead atoms. The topological polar surface area (TPSA) is 67.6 Å². The van der Waals surface area contributed by atoms with Crippen LogP contribution in [0.1, 0.15) is 25.0 Å². The van der Waals surface area contributed by atoms with E-state index in [9.17, 15) is 0 Å².